The maximum absolute atomic E-state index is 12.8. The molecule has 0 aliphatic carbocycles. The minimum absolute atomic E-state index is 0.0247. The standard InChI is InChI=1S/C42H75N2O7P/c1-6-8-10-11-12-13-14-17-20-23-26-30-34-41(46)40(38-51-52(48,49)50-37-36-44(3,4)5)43-42(47)35-31-27-24-21-18-15-16-19-22-25-29-33-39(45)32-28-9-7-2/h15-16,21-22,24-25,29-30,33-34,40-41,46H,6-14,17-20,23,26-28,31-32,35-38H2,1-5H3,(H-,43,47,48,49)/b16-15-,24-21-,25-22-,33-29+,34-30+/t40-,41+/m0/s1. The Labute approximate surface area is 317 Å². The van der Waals surface area contributed by atoms with E-state index in [-0.39, 0.29) is 24.7 Å². The lowest BCUT2D eigenvalue weighted by molar-refractivity contribution is -0.870. The number of hydrogen-bond donors (Lipinski definition) is 2. The average molecular weight is 751 g/mol. The SMILES string of the molecule is CCCCCCCCCCCC/C=C/[C@@H](O)[C@H](COP(=O)([O-])OCC[N+](C)(C)C)NC(=O)CCC/C=C\C/C=C\C/C=C\C=C\C(=O)CCCCC. The molecule has 0 spiro atoms. The second kappa shape index (κ2) is 33.4. The number of nitrogens with zero attached hydrogens (tertiary/aromatic N) is 1. The van der Waals surface area contributed by atoms with Crippen LogP contribution < -0.4 is 10.2 Å². The number of ketones is 1. The van der Waals surface area contributed by atoms with Crippen LogP contribution in [0, 0.1) is 0 Å². The number of carbonyl (C=O) groups is 2. The lowest BCUT2D eigenvalue weighted by atomic mass is 10.1. The van der Waals surface area contributed by atoms with Crippen molar-refractivity contribution in [2.75, 3.05) is 40.9 Å². The van der Waals surface area contributed by atoms with Gasteiger partial charge in [-0.25, -0.2) is 0 Å². The van der Waals surface area contributed by atoms with Crippen LogP contribution >= 0.6 is 7.82 Å². The van der Waals surface area contributed by atoms with Crippen molar-refractivity contribution in [1.82, 2.24) is 5.32 Å². The van der Waals surface area contributed by atoms with Gasteiger partial charge in [0.1, 0.15) is 13.2 Å². The molecule has 0 radical (unpaired) electrons. The largest absolute Gasteiger partial charge is 0.756 e. The number of aliphatic hydroxyl groups is 1. The molecule has 0 rings (SSSR count). The van der Waals surface area contributed by atoms with E-state index in [9.17, 15) is 24.2 Å². The number of aliphatic hydroxyl groups excluding tert-OH is 1. The van der Waals surface area contributed by atoms with E-state index >= 15 is 0 Å². The van der Waals surface area contributed by atoms with Gasteiger partial charge in [0.15, 0.2) is 5.78 Å². The van der Waals surface area contributed by atoms with Crippen LogP contribution in [-0.2, 0) is 23.2 Å². The summed E-state index contributed by atoms with van der Waals surface area (Å²) >= 11 is 0. The Morgan fingerprint density at radius 3 is 1.96 bits per heavy atom. The van der Waals surface area contributed by atoms with Crippen molar-refractivity contribution in [2.24, 2.45) is 0 Å². The summed E-state index contributed by atoms with van der Waals surface area (Å²) in [5.41, 5.74) is 0. The van der Waals surface area contributed by atoms with Gasteiger partial charge in [0, 0.05) is 12.8 Å². The number of unbranched alkanes of at least 4 members (excludes halogenated alkanes) is 13. The summed E-state index contributed by atoms with van der Waals surface area (Å²) in [6.07, 6.45) is 38.2. The van der Waals surface area contributed by atoms with Crippen LogP contribution in [0.2, 0.25) is 0 Å². The minimum atomic E-state index is -4.61. The Morgan fingerprint density at radius 2 is 1.31 bits per heavy atom. The quantitative estimate of drug-likeness (QED) is 0.0165. The van der Waals surface area contributed by atoms with Gasteiger partial charge in [-0.15, -0.1) is 0 Å². The number of hydrogen-bond acceptors (Lipinski definition) is 7. The molecule has 0 saturated carbocycles. The van der Waals surface area contributed by atoms with Crippen LogP contribution in [0.3, 0.4) is 0 Å². The first-order chi connectivity index (χ1) is 24.9. The number of phosphoric ester groups is 1. The second-order valence-corrected chi connectivity index (χ2v) is 16.1. The van der Waals surface area contributed by atoms with E-state index < -0.39 is 26.6 Å². The average Bonchev–Trinajstić information content (AvgIpc) is 3.08. The van der Waals surface area contributed by atoms with E-state index in [0.29, 0.717) is 23.9 Å². The van der Waals surface area contributed by atoms with Crippen molar-refractivity contribution in [3.05, 3.63) is 60.8 Å². The molecule has 0 heterocycles. The third kappa shape index (κ3) is 34.9. The summed E-state index contributed by atoms with van der Waals surface area (Å²) in [7, 11) is 1.18. The highest BCUT2D eigenvalue weighted by atomic mass is 31.2. The summed E-state index contributed by atoms with van der Waals surface area (Å²) in [5, 5.41) is 13.6. The molecule has 2 N–H and O–H groups in total. The molecule has 52 heavy (non-hydrogen) atoms. The molecule has 0 aromatic heterocycles. The lowest BCUT2D eigenvalue weighted by Gasteiger charge is -2.29. The summed E-state index contributed by atoms with van der Waals surface area (Å²) in [6.45, 7) is 4.39. The molecular weight excluding hydrogens is 675 g/mol. The van der Waals surface area contributed by atoms with Crippen LogP contribution in [0.1, 0.15) is 142 Å². The Balaban J connectivity index is 4.66. The van der Waals surface area contributed by atoms with Crippen molar-refractivity contribution in [1.29, 1.82) is 0 Å². The number of allylic oxidation sites excluding steroid dienone is 9. The number of quaternary nitrogens is 1. The fourth-order valence-electron chi connectivity index (χ4n) is 5.16. The molecule has 0 fully saturated rings. The Morgan fingerprint density at radius 1 is 0.731 bits per heavy atom. The predicted molar refractivity (Wildman–Crippen MR) is 215 cm³/mol. The minimum Gasteiger partial charge on any atom is -0.756 e. The summed E-state index contributed by atoms with van der Waals surface area (Å²) in [5.74, 6) is -0.105. The molecule has 1 unspecified atom stereocenters. The Bertz CT molecular complexity index is 1090. The molecule has 0 bridgehead atoms. The number of nitrogens with one attached hydrogen (secondary N) is 1. The topological polar surface area (TPSA) is 125 Å². The highest BCUT2D eigenvalue weighted by molar-refractivity contribution is 7.45. The van der Waals surface area contributed by atoms with Crippen LogP contribution in [0.5, 0.6) is 0 Å². The molecule has 9 nitrogen and oxygen atoms in total. The molecule has 1 amide bonds. The van der Waals surface area contributed by atoms with E-state index in [1.165, 1.54) is 51.4 Å². The molecule has 300 valence electrons. The molecule has 3 atom stereocenters. The number of carbonyl (C=O) groups excluding carboxylic acids is 2. The van der Waals surface area contributed by atoms with Crippen LogP contribution in [-0.4, -0.2) is 74.3 Å². The fourth-order valence-corrected chi connectivity index (χ4v) is 5.88. The summed E-state index contributed by atoms with van der Waals surface area (Å²) < 4.78 is 23.0. The Kier molecular flexibility index (Phi) is 32.1. The summed E-state index contributed by atoms with van der Waals surface area (Å²) in [4.78, 5) is 36.9. The maximum Gasteiger partial charge on any atom is 0.268 e. The highest BCUT2D eigenvalue weighted by Gasteiger charge is 2.23. The predicted octanol–water partition coefficient (Wildman–Crippen LogP) is 9.23. The van der Waals surface area contributed by atoms with Gasteiger partial charge in [0.2, 0.25) is 5.91 Å². The fraction of sp³-hybridized carbons (Fsp3) is 0.714. The molecule has 0 aliphatic rings. The van der Waals surface area contributed by atoms with Crippen molar-refractivity contribution in [3.63, 3.8) is 0 Å². The third-order valence-corrected chi connectivity index (χ3v) is 9.41. The zero-order valence-corrected chi connectivity index (χ0v) is 34.4. The number of phosphoric acid groups is 1. The van der Waals surface area contributed by atoms with E-state index in [0.717, 1.165) is 57.8 Å². The van der Waals surface area contributed by atoms with E-state index in [1.54, 1.807) is 18.2 Å². The summed E-state index contributed by atoms with van der Waals surface area (Å²) in [6, 6.07) is -0.933. The first-order valence-corrected chi connectivity index (χ1v) is 21.6. The number of likely N-dealkylation sites (N-methyl/N-ethyl adjacent to an activating group) is 1. The van der Waals surface area contributed by atoms with Gasteiger partial charge in [-0.2, -0.15) is 0 Å². The number of amides is 1. The Hall–Kier alpha value is -2.13. The highest BCUT2D eigenvalue weighted by Crippen LogP contribution is 2.38. The van der Waals surface area contributed by atoms with Gasteiger partial charge in [-0.3, -0.25) is 14.2 Å². The molecular formula is C42H75N2O7P. The molecule has 0 saturated heterocycles. The van der Waals surface area contributed by atoms with Gasteiger partial charge in [-0.05, 0) is 51.0 Å². The molecule has 0 aromatic rings. The normalized spacial score (nSPS) is 15.1. The van der Waals surface area contributed by atoms with Gasteiger partial charge >= 0.3 is 0 Å². The molecule has 0 aliphatic heterocycles. The van der Waals surface area contributed by atoms with Gasteiger partial charge in [0.05, 0.1) is 39.9 Å². The first-order valence-electron chi connectivity index (χ1n) is 20.1. The van der Waals surface area contributed by atoms with E-state index in [4.69, 9.17) is 9.05 Å². The van der Waals surface area contributed by atoms with Gasteiger partial charge in [0.25, 0.3) is 7.82 Å². The van der Waals surface area contributed by atoms with E-state index in [1.807, 2.05) is 45.4 Å². The monoisotopic (exact) mass is 751 g/mol. The van der Waals surface area contributed by atoms with Gasteiger partial charge < -0.3 is 28.8 Å². The van der Waals surface area contributed by atoms with Crippen LogP contribution in [0.25, 0.3) is 0 Å². The van der Waals surface area contributed by atoms with Crippen LogP contribution in [0.4, 0.5) is 0 Å². The second-order valence-electron chi connectivity index (χ2n) is 14.7. The van der Waals surface area contributed by atoms with Crippen molar-refractivity contribution < 1.29 is 37.7 Å². The maximum atomic E-state index is 12.8. The van der Waals surface area contributed by atoms with Gasteiger partial charge in [-0.1, -0.05) is 139 Å². The van der Waals surface area contributed by atoms with Crippen LogP contribution in [0.15, 0.2) is 60.8 Å². The zero-order valence-electron chi connectivity index (χ0n) is 33.5. The van der Waals surface area contributed by atoms with Crippen molar-refractivity contribution in [3.8, 4) is 0 Å². The van der Waals surface area contributed by atoms with Crippen molar-refractivity contribution in [2.45, 2.75) is 154 Å². The smallest absolute Gasteiger partial charge is 0.268 e. The molecule has 10 heteroatoms. The number of rotatable bonds is 35. The third-order valence-electron chi connectivity index (χ3n) is 8.45. The zero-order chi connectivity index (χ0) is 38.8. The lowest BCUT2D eigenvalue weighted by Crippen LogP contribution is -2.45. The van der Waals surface area contributed by atoms with E-state index in [2.05, 4.69) is 37.4 Å². The molecule has 0 aromatic carbocycles. The first kappa shape index (κ1) is 49.9. The van der Waals surface area contributed by atoms with Crippen molar-refractivity contribution >= 4 is 19.5 Å².